The van der Waals surface area contributed by atoms with Crippen molar-refractivity contribution in [3.8, 4) is 16.9 Å². The molecule has 6 nitrogen and oxygen atoms in total. The first-order chi connectivity index (χ1) is 13.6. The smallest absolute Gasteiger partial charge is 0.407 e. The van der Waals surface area contributed by atoms with E-state index in [9.17, 15) is 9.59 Å². The third-order valence-corrected chi connectivity index (χ3v) is 5.85. The average molecular weight is 378 g/mol. The number of amides is 2. The molecular formula is C22H22N2O4. The number of alkyl carbamates (subject to hydrolysis) is 1. The first-order valence-corrected chi connectivity index (χ1v) is 9.75. The predicted molar refractivity (Wildman–Crippen MR) is 103 cm³/mol. The molecule has 5 rings (SSSR count). The highest BCUT2D eigenvalue weighted by Crippen LogP contribution is 2.35. The number of piperidine rings is 1. The molecule has 2 fully saturated rings. The van der Waals surface area contributed by atoms with Crippen molar-refractivity contribution in [3.05, 3.63) is 53.6 Å². The molecule has 3 aliphatic heterocycles. The molecule has 2 aromatic rings. The van der Waals surface area contributed by atoms with Gasteiger partial charge in [-0.1, -0.05) is 24.3 Å². The van der Waals surface area contributed by atoms with Gasteiger partial charge in [-0.15, -0.1) is 0 Å². The fourth-order valence-electron chi connectivity index (χ4n) is 4.50. The number of ether oxygens (including phenoxy) is 2. The molecule has 3 heterocycles. The number of rotatable bonds is 2. The Balaban J connectivity index is 1.41. The molecule has 2 saturated heterocycles. The molecule has 1 spiro atoms. The van der Waals surface area contributed by atoms with E-state index in [0.717, 1.165) is 36.1 Å². The molecule has 0 saturated carbocycles. The van der Waals surface area contributed by atoms with Crippen LogP contribution in [-0.2, 0) is 11.2 Å². The Bertz CT molecular complexity index is 957. The molecule has 0 bridgehead atoms. The first-order valence-electron chi connectivity index (χ1n) is 9.75. The van der Waals surface area contributed by atoms with Crippen LogP contribution in [0.2, 0.25) is 0 Å². The van der Waals surface area contributed by atoms with E-state index < -0.39 is 11.7 Å². The first kappa shape index (κ1) is 17.1. The SMILES string of the molecule is O=C1NCC2(CCCN(C(=O)c3cccc(-c4cccc5c4CCO5)c3)C2)O1. The molecule has 1 unspecified atom stereocenters. The van der Waals surface area contributed by atoms with Gasteiger partial charge in [0.1, 0.15) is 11.4 Å². The van der Waals surface area contributed by atoms with Gasteiger partial charge in [0.05, 0.1) is 19.7 Å². The highest BCUT2D eigenvalue weighted by atomic mass is 16.6. The summed E-state index contributed by atoms with van der Waals surface area (Å²) >= 11 is 0. The average Bonchev–Trinajstić information content (AvgIpc) is 3.34. The molecule has 0 aromatic heterocycles. The van der Waals surface area contributed by atoms with Crippen LogP contribution in [0, 0.1) is 0 Å². The Kier molecular flexibility index (Phi) is 4.00. The van der Waals surface area contributed by atoms with Gasteiger partial charge in [0, 0.05) is 24.1 Å². The second-order valence-corrected chi connectivity index (χ2v) is 7.72. The van der Waals surface area contributed by atoms with Gasteiger partial charge in [-0.05, 0) is 42.2 Å². The second kappa shape index (κ2) is 6.55. The van der Waals surface area contributed by atoms with Crippen molar-refractivity contribution in [2.24, 2.45) is 0 Å². The molecule has 0 radical (unpaired) electrons. The summed E-state index contributed by atoms with van der Waals surface area (Å²) < 4.78 is 11.2. The molecular weight excluding hydrogens is 356 g/mol. The van der Waals surface area contributed by atoms with E-state index >= 15 is 0 Å². The van der Waals surface area contributed by atoms with Crippen LogP contribution in [0.15, 0.2) is 42.5 Å². The van der Waals surface area contributed by atoms with E-state index in [2.05, 4.69) is 11.4 Å². The Morgan fingerprint density at radius 3 is 2.93 bits per heavy atom. The summed E-state index contributed by atoms with van der Waals surface area (Å²) in [6, 6.07) is 13.8. The van der Waals surface area contributed by atoms with E-state index in [1.54, 1.807) is 4.90 Å². The van der Waals surface area contributed by atoms with E-state index in [1.165, 1.54) is 5.56 Å². The maximum Gasteiger partial charge on any atom is 0.407 e. The standard InChI is InChI=1S/C22H22N2O4/c25-20(24-10-3-9-22(14-24)13-23-21(26)28-22)16-5-1-4-15(12-16)17-6-2-7-19-18(17)8-11-27-19/h1-2,4-7,12H,3,8-11,13-14H2,(H,23,26). The molecule has 1 N–H and O–H groups in total. The van der Waals surface area contributed by atoms with Crippen molar-refractivity contribution in [2.75, 3.05) is 26.2 Å². The number of carbonyl (C=O) groups excluding carboxylic acids is 2. The van der Waals surface area contributed by atoms with Crippen LogP contribution in [0.3, 0.4) is 0 Å². The van der Waals surface area contributed by atoms with Crippen molar-refractivity contribution in [1.29, 1.82) is 0 Å². The van der Waals surface area contributed by atoms with Crippen molar-refractivity contribution >= 4 is 12.0 Å². The van der Waals surface area contributed by atoms with Crippen LogP contribution in [0.5, 0.6) is 5.75 Å². The summed E-state index contributed by atoms with van der Waals surface area (Å²) in [6.07, 6.45) is 2.10. The third-order valence-electron chi connectivity index (χ3n) is 5.85. The summed E-state index contributed by atoms with van der Waals surface area (Å²) in [7, 11) is 0. The lowest BCUT2D eigenvalue weighted by atomic mass is 9.92. The van der Waals surface area contributed by atoms with E-state index in [4.69, 9.17) is 9.47 Å². The Morgan fingerprint density at radius 2 is 2.07 bits per heavy atom. The number of nitrogens with one attached hydrogen (secondary N) is 1. The van der Waals surface area contributed by atoms with Gasteiger partial charge in [0.25, 0.3) is 5.91 Å². The maximum absolute atomic E-state index is 13.2. The van der Waals surface area contributed by atoms with Crippen LogP contribution < -0.4 is 10.1 Å². The molecule has 0 aliphatic carbocycles. The van der Waals surface area contributed by atoms with Gasteiger partial charge < -0.3 is 19.7 Å². The van der Waals surface area contributed by atoms with Crippen LogP contribution in [-0.4, -0.2) is 48.7 Å². The second-order valence-electron chi connectivity index (χ2n) is 7.72. The topological polar surface area (TPSA) is 67.9 Å². The van der Waals surface area contributed by atoms with Crippen molar-refractivity contribution in [1.82, 2.24) is 10.2 Å². The van der Waals surface area contributed by atoms with Crippen LogP contribution in [0.25, 0.3) is 11.1 Å². The van der Waals surface area contributed by atoms with E-state index in [1.807, 2.05) is 36.4 Å². The molecule has 3 aliphatic rings. The Hall–Kier alpha value is -3.02. The Labute approximate surface area is 163 Å². The highest BCUT2D eigenvalue weighted by molar-refractivity contribution is 5.96. The summed E-state index contributed by atoms with van der Waals surface area (Å²) in [6.45, 7) is 2.28. The van der Waals surface area contributed by atoms with E-state index in [0.29, 0.717) is 31.8 Å². The van der Waals surface area contributed by atoms with Gasteiger partial charge in [-0.3, -0.25) is 4.79 Å². The predicted octanol–water partition coefficient (Wildman–Crippen LogP) is 3.00. The molecule has 144 valence electrons. The largest absolute Gasteiger partial charge is 0.493 e. The minimum atomic E-state index is -0.583. The lowest BCUT2D eigenvalue weighted by molar-refractivity contribution is -0.00503. The monoisotopic (exact) mass is 378 g/mol. The molecule has 28 heavy (non-hydrogen) atoms. The van der Waals surface area contributed by atoms with Crippen molar-refractivity contribution in [2.45, 2.75) is 24.9 Å². The highest BCUT2D eigenvalue weighted by Gasteiger charge is 2.44. The fraction of sp³-hybridized carbons (Fsp3) is 0.364. The number of likely N-dealkylation sites (tertiary alicyclic amines) is 1. The van der Waals surface area contributed by atoms with Gasteiger partial charge in [-0.25, -0.2) is 4.79 Å². The lowest BCUT2D eigenvalue weighted by Gasteiger charge is -2.38. The zero-order valence-corrected chi connectivity index (χ0v) is 15.6. The molecule has 2 amide bonds. The zero-order chi connectivity index (χ0) is 19.1. The number of hydrogen-bond acceptors (Lipinski definition) is 4. The van der Waals surface area contributed by atoms with Gasteiger partial charge in [-0.2, -0.15) is 0 Å². The van der Waals surface area contributed by atoms with E-state index in [-0.39, 0.29) is 5.91 Å². The third kappa shape index (κ3) is 2.89. The number of carbonyl (C=O) groups is 2. The Morgan fingerprint density at radius 1 is 1.18 bits per heavy atom. The minimum absolute atomic E-state index is 0.0206. The van der Waals surface area contributed by atoms with Crippen LogP contribution in [0.4, 0.5) is 4.79 Å². The van der Waals surface area contributed by atoms with Gasteiger partial charge in [0.15, 0.2) is 0 Å². The van der Waals surface area contributed by atoms with Gasteiger partial charge in [0.2, 0.25) is 0 Å². The van der Waals surface area contributed by atoms with Crippen LogP contribution >= 0.6 is 0 Å². The number of fused-ring (bicyclic) bond motifs is 1. The fourth-order valence-corrected chi connectivity index (χ4v) is 4.50. The number of benzene rings is 2. The molecule has 1 atom stereocenters. The summed E-state index contributed by atoms with van der Waals surface area (Å²) in [5.74, 6) is 0.912. The van der Waals surface area contributed by atoms with Crippen LogP contribution in [0.1, 0.15) is 28.8 Å². The summed E-state index contributed by atoms with van der Waals surface area (Å²) in [5, 5.41) is 2.72. The molecule has 2 aromatic carbocycles. The van der Waals surface area contributed by atoms with Gasteiger partial charge >= 0.3 is 6.09 Å². The number of nitrogens with zero attached hydrogens (tertiary/aromatic N) is 1. The molecule has 6 heteroatoms. The van der Waals surface area contributed by atoms with Crippen molar-refractivity contribution < 1.29 is 19.1 Å². The summed E-state index contributed by atoms with van der Waals surface area (Å²) in [4.78, 5) is 26.5. The number of hydrogen-bond donors (Lipinski definition) is 1. The normalized spacial score (nSPS) is 23.1. The quantitative estimate of drug-likeness (QED) is 0.872. The lowest BCUT2D eigenvalue weighted by Crippen LogP contribution is -2.52. The zero-order valence-electron chi connectivity index (χ0n) is 15.6. The summed E-state index contributed by atoms with van der Waals surface area (Å²) in [5.41, 5.74) is 3.42. The maximum atomic E-state index is 13.2. The minimum Gasteiger partial charge on any atom is -0.493 e. The van der Waals surface area contributed by atoms with Crippen molar-refractivity contribution in [3.63, 3.8) is 0 Å².